The first-order valence-electron chi connectivity index (χ1n) is 19.3. The van der Waals surface area contributed by atoms with Crippen molar-refractivity contribution >= 4 is 65.4 Å². The van der Waals surface area contributed by atoms with E-state index < -0.39 is 109 Å². The molecular formula is C37H70N10O17S. The van der Waals surface area contributed by atoms with Crippen LogP contribution in [0.5, 0.6) is 0 Å². The Labute approximate surface area is 380 Å². The zero-order valence-electron chi connectivity index (χ0n) is 36.6. The van der Waals surface area contributed by atoms with Crippen LogP contribution in [0.4, 0.5) is 0 Å². The summed E-state index contributed by atoms with van der Waals surface area (Å²) in [5.41, 5.74) is 52.3. The highest BCUT2D eigenvalue weighted by Crippen LogP contribution is 2.04. The number of unbranched alkanes of at least 4 members (excludes halogenated alkanes) is 1. The highest BCUT2D eigenvalue weighted by atomic mass is 32.2. The summed E-state index contributed by atoms with van der Waals surface area (Å²) >= 11 is 1.58. The van der Waals surface area contributed by atoms with Gasteiger partial charge in [0.25, 0.3) is 0 Å². The average molecular weight is 959 g/mol. The molecule has 0 aromatic heterocycles. The topological polar surface area (TPSA) is 554 Å². The van der Waals surface area contributed by atoms with E-state index in [1.165, 1.54) is 13.8 Å². The smallest absolute Gasteiger partial charge is 0.330 e. The number of ether oxygens (including phenoxy) is 2. The molecule has 0 radical (unpaired) electrons. The van der Waals surface area contributed by atoms with E-state index in [9.17, 15) is 43.2 Å². The molecule has 0 unspecified atom stereocenters. The van der Waals surface area contributed by atoms with Crippen molar-refractivity contribution in [3.05, 3.63) is 35.9 Å². The van der Waals surface area contributed by atoms with Gasteiger partial charge in [-0.05, 0) is 70.1 Å². The van der Waals surface area contributed by atoms with E-state index in [-0.39, 0.29) is 19.4 Å². The zero-order valence-corrected chi connectivity index (χ0v) is 37.5. The molecule has 1 amide bonds. The molecule has 376 valence electrons. The number of hydrogen-bond donors (Lipinski definition) is 16. The number of aliphatic hydroxyl groups excluding tert-OH is 1. The van der Waals surface area contributed by atoms with Crippen molar-refractivity contribution in [2.45, 2.75) is 107 Å². The van der Waals surface area contributed by atoms with Gasteiger partial charge in [-0.3, -0.25) is 33.6 Å². The Kier molecular flexibility index (Phi) is 44.9. The summed E-state index contributed by atoms with van der Waals surface area (Å²) in [5.74, 6) is -7.36. The van der Waals surface area contributed by atoms with Crippen LogP contribution < -0.4 is 57.3 Å². The van der Waals surface area contributed by atoms with Gasteiger partial charge in [0.1, 0.15) is 48.9 Å². The number of carboxylic acid groups (broad SMARTS) is 5. The first kappa shape index (κ1) is 68.7. The van der Waals surface area contributed by atoms with E-state index in [2.05, 4.69) is 15.2 Å². The predicted molar refractivity (Wildman–Crippen MR) is 237 cm³/mol. The van der Waals surface area contributed by atoms with Gasteiger partial charge >= 0.3 is 47.8 Å². The van der Waals surface area contributed by atoms with Crippen molar-refractivity contribution in [2.24, 2.45) is 57.3 Å². The van der Waals surface area contributed by atoms with Crippen LogP contribution in [0.25, 0.3) is 0 Å². The summed E-state index contributed by atoms with van der Waals surface area (Å²) in [4.78, 5) is 93.4. The van der Waals surface area contributed by atoms with Crippen molar-refractivity contribution in [1.82, 2.24) is 0 Å². The van der Waals surface area contributed by atoms with Crippen LogP contribution >= 0.6 is 11.8 Å². The molecule has 0 spiro atoms. The molecule has 0 saturated heterocycles. The normalized spacial score (nSPS) is 13.6. The van der Waals surface area contributed by atoms with E-state index >= 15 is 0 Å². The number of rotatable bonds is 23. The lowest BCUT2D eigenvalue weighted by Gasteiger charge is -2.14. The Morgan fingerprint density at radius 1 is 0.631 bits per heavy atom. The standard InChI is InChI=1S/C11H23N3O3S.C9H11NO2.C7H14N2O5.C5H10N2O3.C3H7NO2.C2H5NO2/c1-18-7-5-9(14)11(16)17-10(15)8(13)4-2-3-6-12;10-8(9(11)12)6-7-4-2-1-3-5-7;1-3(10)5(9)7(13)14-2-4(8)6(11)12;6-3(5(9)10)1-2-4(7)8;1-2(4)3(5)6;3-1-2(4)5/h8-9H,2-7,12-14H2,1H3;1-5,8H,6,10H2,(H,11,12);3-5,10H,2,8-9H2,1H3,(H,11,12);3H,1-2,6H2,(H2,7,8)(H,9,10);2H,4H2,1H3,(H,5,6);1,3H2,(H,4,5)/t8-,9-;8-;3-,4+,5+;3-;2-;/m00100./s1. The third-order valence-electron chi connectivity index (χ3n) is 7.12. The molecule has 28 heteroatoms. The fourth-order valence-electron chi connectivity index (χ4n) is 3.15. The lowest BCUT2D eigenvalue weighted by atomic mass is 10.1. The minimum Gasteiger partial charge on any atom is -0.480 e. The second-order valence-electron chi connectivity index (χ2n) is 13.2. The molecule has 0 saturated carbocycles. The summed E-state index contributed by atoms with van der Waals surface area (Å²) in [7, 11) is 0. The third kappa shape index (κ3) is 46.4. The van der Waals surface area contributed by atoms with Crippen LogP contribution in [0.1, 0.15) is 57.9 Å². The Morgan fingerprint density at radius 2 is 1.08 bits per heavy atom. The summed E-state index contributed by atoms with van der Waals surface area (Å²) in [6, 6.07) is 2.82. The maximum absolute atomic E-state index is 11.5. The van der Waals surface area contributed by atoms with E-state index in [1.807, 2.05) is 36.6 Å². The molecule has 0 aliphatic carbocycles. The molecule has 1 aromatic carbocycles. The molecule has 0 fully saturated rings. The van der Waals surface area contributed by atoms with Gasteiger partial charge in [0.05, 0.1) is 12.6 Å². The lowest BCUT2D eigenvalue weighted by molar-refractivity contribution is -0.162. The fraction of sp³-hybridized carbons (Fsp3) is 0.595. The number of thioether (sulfide) groups is 1. The van der Waals surface area contributed by atoms with Gasteiger partial charge in [0.15, 0.2) is 0 Å². The number of esters is 3. The maximum atomic E-state index is 11.5. The summed E-state index contributed by atoms with van der Waals surface area (Å²) in [6.07, 6.45) is 3.84. The maximum Gasteiger partial charge on any atom is 0.330 e. The zero-order chi connectivity index (χ0) is 51.8. The summed E-state index contributed by atoms with van der Waals surface area (Å²) < 4.78 is 9.09. The number of aliphatic hydroxyl groups is 1. The number of amides is 1. The molecule has 26 N–H and O–H groups in total. The Balaban J connectivity index is -0.000000232. The molecular weight excluding hydrogens is 889 g/mol. The number of carboxylic acids is 5. The molecule has 0 heterocycles. The van der Waals surface area contributed by atoms with Gasteiger partial charge in [0.2, 0.25) is 5.91 Å². The minimum atomic E-state index is -1.28. The van der Waals surface area contributed by atoms with Crippen LogP contribution in [-0.2, 0) is 59.0 Å². The van der Waals surface area contributed by atoms with Gasteiger partial charge in [-0.25, -0.2) is 9.59 Å². The molecule has 1 rings (SSSR count). The lowest BCUT2D eigenvalue weighted by Crippen LogP contribution is -2.44. The number of carbonyl (C=O) groups excluding carboxylic acids is 4. The van der Waals surface area contributed by atoms with Crippen LogP contribution in [0.15, 0.2) is 30.3 Å². The van der Waals surface area contributed by atoms with Gasteiger partial charge in [-0.2, -0.15) is 11.8 Å². The van der Waals surface area contributed by atoms with Crippen molar-refractivity contribution in [2.75, 3.05) is 31.7 Å². The summed E-state index contributed by atoms with van der Waals surface area (Å²) in [5, 5.41) is 49.4. The second kappa shape index (κ2) is 42.5. The van der Waals surface area contributed by atoms with Crippen LogP contribution in [0.2, 0.25) is 0 Å². The molecule has 1 aromatic rings. The molecule has 8 atom stereocenters. The van der Waals surface area contributed by atoms with Gasteiger partial charge in [-0.1, -0.05) is 36.8 Å². The van der Waals surface area contributed by atoms with Crippen molar-refractivity contribution < 1.29 is 83.3 Å². The number of benzene rings is 1. The van der Waals surface area contributed by atoms with E-state index in [1.54, 1.807) is 11.8 Å². The first-order valence-corrected chi connectivity index (χ1v) is 20.7. The Morgan fingerprint density at radius 3 is 1.43 bits per heavy atom. The molecule has 0 bridgehead atoms. The Bertz CT molecular complexity index is 1530. The number of hydrogen-bond acceptors (Lipinski definition) is 22. The van der Waals surface area contributed by atoms with Crippen molar-refractivity contribution in [3.63, 3.8) is 0 Å². The van der Waals surface area contributed by atoms with Crippen molar-refractivity contribution in [1.29, 1.82) is 0 Å². The second-order valence-corrected chi connectivity index (χ2v) is 14.2. The monoisotopic (exact) mass is 958 g/mol. The highest BCUT2D eigenvalue weighted by Gasteiger charge is 2.24. The van der Waals surface area contributed by atoms with Crippen LogP contribution in [0.3, 0.4) is 0 Å². The van der Waals surface area contributed by atoms with Gasteiger partial charge in [0, 0.05) is 6.42 Å². The van der Waals surface area contributed by atoms with Gasteiger partial charge < -0.3 is 97.4 Å². The number of primary amides is 1. The number of carbonyl (C=O) groups is 9. The Hall–Kier alpha value is -5.40. The number of aliphatic carboxylic acids is 5. The van der Waals surface area contributed by atoms with Crippen LogP contribution in [-0.4, -0.2) is 164 Å². The largest absolute Gasteiger partial charge is 0.480 e. The highest BCUT2D eigenvalue weighted by molar-refractivity contribution is 7.98. The quantitative estimate of drug-likeness (QED) is 0.0277. The van der Waals surface area contributed by atoms with E-state index in [4.69, 9.17) is 82.2 Å². The molecule has 65 heavy (non-hydrogen) atoms. The molecule has 0 aliphatic heterocycles. The average Bonchev–Trinajstić information content (AvgIpc) is 3.24. The van der Waals surface area contributed by atoms with Crippen molar-refractivity contribution in [3.8, 4) is 0 Å². The predicted octanol–water partition coefficient (Wildman–Crippen LogP) is -5.00. The first-order chi connectivity index (χ1) is 30.0. The van der Waals surface area contributed by atoms with Crippen LogP contribution in [0, 0.1) is 0 Å². The van der Waals surface area contributed by atoms with Gasteiger partial charge in [-0.15, -0.1) is 0 Å². The summed E-state index contributed by atoms with van der Waals surface area (Å²) in [6.45, 7) is 2.56. The fourth-order valence-corrected chi connectivity index (χ4v) is 3.64. The number of nitrogens with two attached hydrogens (primary N) is 10. The van der Waals surface area contributed by atoms with E-state index in [0.717, 1.165) is 24.2 Å². The molecule has 27 nitrogen and oxygen atoms in total. The third-order valence-corrected chi connectivity index (χ3v) is 7.77. The van der Waals surface area contributed by atoms with E-state index in [0.29, 0.717) is 25.8 Å². The molecule has 0 aliphatic rings. The SMILES string of the molecule is CSCC[C@H](N)C(=O)OC(=O)[C@@H](N)CCCCN.C[C@@H](O)[C@H](N)C(=O)OC[C@H](N)C(=O)O.C[C@H](N)C(=O)O.NC(=O)CC[C@H](N)C(=O)O.NCC(=O)O.N[C@@H](Cc1ccccc1)C(=O)O. The minimum absolute atomic E-state index is 0.0213.